The molecule has 52 valence electrons. The number of hydrogen-bond donors (Lipinski definition) is 1. The van der Waals surface area contributed by atoms with Gasteiger partial charge in [-0.05, 0) is 12.7 Å². The molecule has 1 aliphatic rings. The van der Waals surface area contributed by atoms with E-state index in [1.54, 1.807) is 0 Å². The van der Waals surface area contributed by atoms with Gasteiger partial charge in [0.1, 0.15) is 5.82 Å². The second kappa shape index (κ2) is 1.94. The van der Waals surface area contributed by atoms with Crippen LogP contribution >= 0.6 is 0 Å². The van der Waals surface area contributed by atoms with E-state index in [2.05, 4.69) is 9.97 Å². The average molecular weight is 140 g/mol. The summed E-state index contributed by atoms with van der Waals surface area (Å²) in [5.41, 5.74) is 5.27. The maximum Gasteiger partial charge on any atom is 0.141 e. The Morgan fingerprint density at radius 2 is 2.40 bits per heavy atom. The first kappa shape index (κ1) is 2.49. The molecule has 3 heteroatoms. The minimum absolute atomic E-state index is 0.0355. The molecule has 1 saturated carbocycles. The molecule has 2 rings (SSSR count). The number of nitrogen functional groups attached to an aromatic ring is 1. The lowest BCUT2D eigenvalue weighted by atomic mass is 10.3. The number of nitrogens with zero attached hydrogens (tertiary/aromatic N) is 2. The van der Waals surface area contributed by atoms with Crippen molar-refractivity contribution in [3.05, 3.63) is 18.1 Å². The fourth-order valence-corrected chi connectivity index (χ4v) is 0.626. The fraction of sp³-hybridized carbons (Fsp3) is 0.429. The van der Waals surface area contributed by atoms with Crippen LogP contribution in [0.2, 0.25) is 0 Å². The highest BCUT2D eigenvalue weighted by Crippen LogP contribution is 2.38. The van der Waals surface area contributed by atoms with E-state index < -0.39 is 18.6 Å². The van der Waals surface area contributed by atoms with Gasteiger partial charge in [-0.1, -0.05) is 0 Å². The first-order valence-electron chi connectivity index (χ1n) is 5.33. The van der Waals surface area contributed by atoms with E-state index in [1.165, 1.54) is 6.20 Å². The Bertz CT molecular complexity index is 388. The second-order valence-electron chi connectivity index (χ2n) is 1.95. The Labute approximate surface area is 66.3 Å². The lowest BCUT2D eigenvalue weighted by molar-refractivity contribution is 0.992. The molecule has 0 amide bonds. The van der Waals surface area contributed by atoms with Crippen LogP contribution in [0.4, 0.5) is 5.82 Å². The van der Waals surface area contributed by atoms with Crippen molar-refractivity contribution < 1.29 is 6.85 Å². The zero-order chi connectivity index (χ0) is 11.5. The van der Waals surface area contributed by atoms with Gasteiger partial charge in [0.15, 0.2) is 0 Å². The van der Waals surface area contributed by atoms with E-state index in [9.17, 15) is 0 Å². The van der Waals surface area contributed by atoms with Crippen molar-refractivity contribution in [2.24, 2.45) is 0 Å². The third-order valence-electron chi connectivity index (χ3n) is 1.18. The summed E-state index contributed by atoms with van der Waals surface area (Å²) in [6.07, 6.45) is -2.16. The first-order chi connectivity index (χ1) is 6.75. The number of anilines is 1. The molecule has 1 aliphatic carbocycles. The summed E-state index contributed by atoms with van der Waals surface area (Å²) in [6.45, 7) is 0. The topological polar surface area (TPSA) is 51.8 Å². The first-order valence-corrected chi connectivity index (χ1v) is 2.83. The minimum atomic E-state index is -2.25. The van der Waals surface area contributed by atoms with Crippen LogP contribution in [0.25, 0.3) is 0 Å². The van der Waals surface area contributed by atoms with Gasteiger partial charge in [-0.15, -0.1) is 0 Å². The van der Waals surface area contributed by atoms with Crippen LogP contribution in [-0.4, -0.2) is 9.97 Å². The Balaban J connectivity index is 2.46. The third kappa shape index (κ3) is 0.943. The number of aromatic nitrogens is 2. The molecule has 0 aliphatic heterocycles. The van der Waals surface area contributed by atoms with Crippen LogP contribution in [0.3, 0.4) is 0 Å². The van der Waals surface area contributed by atoms with Crippen molar-refractivity contribution >= 4 is 5.82 Å². The van der Waals surface area contributed by atoms with Gasteiger partial charge in [0.2, 0.25) is 0 Å². The van der Waals surface area contributed by atoms with E-state index in [0.717, 1.165) is 6.20 Å². The number of nitrogens with two attached hydrogens (primary N) is 1. The van der Waals surface area contributed by atoms with E-state index in [0.29, 0.717) is 0 Å². The van der Waals surface area contributed by atoms with E-state index >= 15 is 0 Å². The van der Waals surface area contributed by atoms with E-state index in [4.69, 9.17) is 12.6 Å². The van der Waals surface area contributed by atoms with Crippen LogP contribution in [0.1, 0.15) is 31.2 Å². The monoisotopic (exact) mass is 140 g/mol. The van der Waals surface area contributed by atoms with Crippen molar-refractivity contribution in [1.82, 2.24) is 9.97 Å². The van der Waals surface area contributed by atoms with Gasteiger partial charge < -0.3 is 5.73 Å². The molecule has 0 aromatic carbocycles. The van der Waals surface area contributed by atoms with Crippen LogP contribution < -0.4 is 5.73 Å². The maximum absolute atomic E-state index is 7.77. The summed E-state index contributed by atoms with van der Waals surface area (Å²) >= 11 is 0. The predicted molar refractivity (Wildman–Crippen MR) is 38.4 cm³/mol. The van der Waals surface area contributed by atoms with E-state index in [1.807, 2.05) is 0 Å². The van der Waals surface area contributed by atoms with Gasteiger partial charge in [-0.3, -0.25) is 4.98 Å². The second-order valence-corrected chi connectivity index (χ2v) is 1.95. The van der Waals surface area contributed by atoms with E-state index in [-0.39, 0.29) is 11.5 Å². The van der Waals surface area contributed by atoms with Crippen molar-refractivity contribution in [3.8, 4) is 0 Å². The predicted octanol–water partition coefficient (Wildman–Crippen LogP) is 0.936. The smallest absolute Gasteiger partial charge is 0.141 e. The van der Waals surface area contributed by atoms with Crippen molar-refractivity contribution in [2.75, 3.05) is 5.73 Å². The lowest BCUT2D eigenvalue weighted by Gasteiger charge is -1.94. The van der Waals surface area contributed by atoms with Crippen LogP contribution in [0, 0.1) is 0 Å². The maximum atomic E-state index is 7.77. The molecule has 0 radical (unpaired) electrons. The summed E-state index contributed by atoms with van der Waals surface area (Å²) in [5.74, 6) is -1.83. The molecule has 0 atom stereocenters. The quantitative estimate of drug-likeness (QED) is 0.631. The zero-order valence-corrected chi connectivity index (χ0v) is 5.13. The highest BCUT2D eigenvalue weighted by Gasteiger charge is 2.24. The van der Waals surface area contributed by atoms with Crippen molar-refractivity contribution in [2.45, 2.75) is 18.6 Å². The average Bonchev–Trinajstić information content (AvgIpc) is 2.46. The Morgan fingerprint density at radius 3 is 2.90 bits per heavy atom. The highest BCUT2D eigenvalue weighted by molar-refractivity contribution is 5.24. The summed E-state index contributed by atoms with van der Waals surface area (Å²) in [4.78, 5) is 7.43. The van der Waals surface area contributed by atoms with Gasteiger partial charge in [-0.25, -0.2) is 4.98 Å². The van der Waals surface area contributed by atoms with Crippen molar-refractivity contribution in [3.63, 3.8) is 0 Å². The fourth-order valence-electron chi connectivity index (χ4n) is 0.626. The summed E-state index contributed by atoms with van der Waals surface area (Å²) < 4.78 is 37.4. The normalized spacial score (nSPS) is 37.8. The number of hydrogen-bond acceptors (Lipinski definition) is 3. The molecule has 1 fully saturated rings. The molecule has 0 bridgehead atoms. The molecule has 0 spiro atoms. The molecule has 0 saturated heterocycles. The lowest BCUT2D eigenvalue weighted by Crippen LogP contribution is -1.93. The Morgan fingerprint density at radius 1 is 1.60 bits per heavy atom. The number of rotatable bonds is 1. The molecular formula is C7H9N3. The molecule has 1 aromatic rings. The molecular weight excluding hydrogens is 126 g/mol. The largest absolute Gasteiger partial charge is 0.382 e. The minimum Gasteiger partial charge on any atom is -0.382 e. The molecule has 1 heterocycles. The molecule has 3 nitrogen and oxygen atoms in total. The van der Waals surface area contributed by atoms with Crippen LogP contribution in [0.5, 0.6) is 0 Å². The van der Waals surface area contributed by atoms with Gasteiger partial charge in [0.25, 0.3) is 0 Å². The van der Waals surface area contributed by atoms with Gasteiger partial charge in [0, 0.05) is 12.7 Å². The van der Waals surface area contributed by atoms with Crippen LogP contribution in [0.15, 0.2) is 12.4 Å². The zero-order valence-electron chi connectivity index (χ0n) is 10.1. The standard InChI is InChI=1S/C7H9N3/c8-7-4-9-6(3-10-7)5-1-2-5/h3-5H,1-2H2,(H2,8,10)/i1D2,2D2,5D. The summed E-state index contributed by atoms with van der Waals surface area (Å²) in [7, 11) is 0. The molecule has 2 N–H and O–H groups in total. The Kier molecular flexibility index (Phi) is 0.482. The molecule has 0 unspecified atom stereocenters. The summed E-state index contributed by atoms with van der Waals surface area (Å²) in [5, 5.41) is 0. The molecule has 10 heavy (non-hydrogen) atoms. The van der Waals surface area contributed by atoms with Gasteiger partial charge in [-0.2, -0.15) is 0 Å². The SMILES string of the molecule is [2H]C1([2H])C([2H])([2H])C1([2H])c1cnc(N)cn1. The van der Waals surface area contributed by atoms with Crippen LogP contribution in [-0.2, 0) is 0 Å². The Hall–Kier alpha value is -1.12. The van der Waals surface area contributed by atoms with Gasteiger partial charge >= 0.3 is 0 Å². The highest BCUT2D eigenvalue weighted by atomic mass is 14.9. The van der Waals surface area contributed by atoms with Gasteiger partial charge in [0.05, 0.1) is 18.1 Å². The van der Waals surface area contributed by atoms with Crippen molar-refractivity contribution in [1.29, 1.82) is 0 Å². The molecule has 1 aromatic heterocycles. The summed E-state index contributed by atoms with van der Waals surface area (Å²) in [6, 6.07) is 0. The third-order valence-corrected chi connectivity index (χ3v) is 1.18.